The number of nitrogens with zero attached hydrogens (tertiary/aromatic N) is 2. The van der Waals surface area contributed by atoms with E-state index in [0.717, 1.165) is 49.1 Å². The molecule has 4 heterocycles. The molecule has 2 unspecified atom stereocenters. The van der Waals surface area contributed by atoms with Crippen LogP contribution in [0.3, 0.4) is 0 Å². The van der Waals surface area contributed by atoms with Crippen molar-refractivity contribution in [3.63, 3.8) is 0 Å². The molecule has 0 bridgehead atoms. The van der Waals surface area contributed by atoms with E-state index < -0.39 is 5.54 Å². The number of aryl methyl sites for hydroxylation is 1. The van der Waals surface area contributed by atoms with Crippen molar-refractivity contribution in [1.82, 2.24) is 25.3 Å². The molecule has 3 aromatic heterocycles. The Kier molecular flexibility index (Phi) is 4.50. The van der Waals surface area contributed by atoms with Gasteiger partial charge in [0.15, 0.2) is 0 Å². The zero-order valence-electron chi connectivity index (χ0n) is 18.0. The minimum atomic E-state index is -0.517. The van der Waals surface area contributed by atoms with Gasteiger partial charge in [0.05, 0.1) is 22.3 Å². The highest BCUT2D eigenvalue weighted by molar-refractivity contribution is 7.11. The van der Waals surface area contributed by atoms with Crippen LogP contribution < -0.4 is 5.32 Å². The van der Waals surface area contributed by atoms with Crippen LogP contribution >= 0.6 is 11.3 Å². The zero-order valence-corrected chi connectivity index (χ0v) is 18.9. The van der Waals surface area contributed by atoms with E-state index in [9.17, 15) is 8.78 Å². The maximum absolute atomic E-state index is 13.9. The van der Waals surface area contributed by atoms with Crippen molar-refractivity contribution in [2.24, 2.45) is 0 Å². The predicted octanol–water partition coefficient (Wildman–Crippen LogP) is 5.75. The Morgan fingerprint density at radius 1 is 1.09 bits per heavy atom. The van der Waals surface area contributed by atoms with E-state index in [-0.39, 0.29) is 17.7 Å². The van der Waals surface area contributed by atoms with E-state index >= 15 is 0 Å². The molecule has 5 nitrogen and oxygen atoms in total. The summed E-state index contributed by atoms with van der Waals surface area (Å²) >= 11 is 1.64. The molecule has 1 aliphatic rings. The van der Waals surface area contributed by atoms with E-state index in [4.69, 9.17) is 4.98 Å². The lowest BCUT2D eigenvalue weighted by molar-refractivity contribution is 0.298. The Bertz CT molecular complexity index is 1480. The second-order valence-corrected chi connectivity index (χ2v) is 9.98. The van der Waals surface area contributed by atoms with E-state index in [1.807, 2.05) is 25.4 Å². The fourth-order valence-corrected chi connectivity index (χ4v) is 5.58. The lowest BCUT2D eigenvalue weighted by Crippen LogP contribution is -2.48. The van der Waals surface area contributed by atoms with Crippen LogP contribution in [0.15, 0.2) is 54.9 Å². The third-order valence-corrected chi connectivity index (χ3v) is 7.32. The Balaban J connectivity index is 1.47. The zero-order chi connectivity index (χ0) is 22.7. The van der Waals surface area contributed by atoms with Gasteiger partial charge >= 0.3 is 0 Å². The first kappa shape index (κ1) is 20.3. The summed E-state index contributed by atoms with van der Waals surface area (Å²) in [5, 5.41) is 5.77. The van der Waals surface area contributed by atoms with Gasteiger partial charge in [-0.3, -0.25) is 5.32 Å². The van der Waals surface area contributed by atoms with Crippen molar-refractivity contribution in [2.75, 3.05) is 0 Å². The number of rotatable bonds is 3. The predicted molar refractivity (Wildman–Crippen MR) is 125 cm³/mol. The molecular formula is C25H21F2N5S. The molecule has 1 aliphatic heterocycles. The fourth-order valence-electron chi connectivity index (χ4n) is 4.73. The summed E-state index contributed by atoms with van der Waals surface area (Å²) in [6.07, 6.45) is 4.41. The van der Waals surface area contributed by atoms with E-state index in [1.54, 1.807) is 29.5 Å². The SMILES string of the molecule is Cc1ncc(C2NC(C)(c3nc(-c4ccc(F)cc4)c[nH]3)Cc3c2[nH]c2cc(F)ccc32)s1. The number of H-pyrrole nitrogens is 2. The molecule has 3 N–H and O–H groups in total. The molecule has 0 saturated carbocycles. The number of aromatic nitrogens is 4. The van der Waals surface area contributed by atoms with Gasteiger partial charge in [0.1, 0.15) is 17.5 Å². The van der Waals surface area contributed by atoms with Crippen LogP contribution in [0.1, 0.15) is 39.9 Å². The van der Waals surface area contributed by atoms with E-state index in [2.05, 4.69) is 27.2 Å². The minimum absolute atomic E-state index is 0.139. The quantitative estimate of drug-likeness (QED) is 0.320. The minimum Gasteiger partial charge on any atom is -0.356 e. The fraction of sp³-hybridized carbons (Fsp3) is 0.200. The van der Waals surface area contributed by atoms with Crippen LogP contribution in [-0.2, 0) is 12.0 Å². The molecule has 0 amide bonds. The van der Waals surface area contributed by atoms with Crippen molar-refractivity contribution in [1.29, 1.82) is 0 Å². The monoisotopic (exact) mass is 461 g/mol. The van der Waals surface area contributed by atoms with Gasteiger partial charge in [0.25, 0.3) is 0 Å². The third-order valence-electron chi connectivity index (χ3n) is 6.35. The van der Waals surface area contributed by atoms with Crippen LogP contribution in [0.2, 0.25) is 0 Å². The molecule has 5 aromatic rings. The average molecular weight is 462 g/mol. The van der Waals surface area contributed by atoms with Crippen molar-refractivity contribution in [3.8, 4) is 11.3 Å². The number of halogens is 2. The highest BCUT2D eigenvalue weighted by atomic mass is 32.1. The lowest BCUT2D eigenvalue weighted by Gasteiger charge is -2.38. The topological polar surface area (TPSA) is 69.4 Å². The van der Waals surface area contributed by atoms with Crippen LogP contribution in [0.25, 0.3) is 22.2 Å². The summed E-state index contributed by atoms with van der Waals surface area (Å²) < 4.78 is 27.3. The molecule has 33 heavy (non-hydrogen) atoms. The molecule has 0 radical (unpaired) electrons. The summed E-state index contributed by atoms with van der Waals surface area (Å²) in [6, 6.07) is 11.1. The number of fused-ring (bicyclic) bond motifs is 3. The van der Waals surface area contributed by atoms with Gasteiger partial charge in [-0.1, -0.05) is 0 Å². The highest BCUT2D eigenvalue weighted by Gasteiger charge is 2.41. The Hall–Kier alpha value is -3.36. The molecule has 6 rings (SSSR count). The molecule has 2 aromatic carbocycles. The van der Waals surface area contributed by atoms with E-state index in [0.29, 0.717) is 6.42 Å². The second kappa shape index (κ2) is 7.33. The van der Waals surface area contributed by atoms with Gasteiger partial charge < -0.3 is 9.97 Å². The Morgan fingerprint density at radius 2 is 1.88 bits per heavy atom. The number of aromatic amines is 2. The van der Waals surface area contributed by atoms with Gasteiger partial charge in [0.2, 0.25) is 0 Å². The highest BCUT2D eigenvalue weighted by Crippen LogP contribution is 2.42. The summed E-state index contributed by atoms with van der Waals surface area (Å²) in [7, 11) is 0. The molecular weight excluding hydrogens is 440 g/mol. The summed E-state index contributed by atoms with van der Waals surface area (Å²) in [4.78, 5) is 17.2. The molecule has 166 valence electrons. The van der Waals surface area contributed by atoms with E-state index in [1.165, 1.54) is 18.2 Å². The summed E-state index contributed by atoms with van der Waals surface area (Å²) in [5.41, 5.74) is 4.03. The largest absolute Gasteiger partial charge is 0.356 e. The molecule has 2 atom stereocenters. The van der Waals surface area contributed by atoms with Gasteiger partial charge in [0, 0.05) is 45.9 Å². The summed E-state index contributed by atoms with van der Waals surface area (Å²) in [5.74, 6) is 0.244. The number of hydrogen-bond acceptors (Lipinski definition) is 4. The maximum Gasteiger partial charge on any atom is 0.127 e. The van der Waals surface area contributed by atoms with Crippen molar-refractivity contribution in [2.45, 2.75) is 31.8 Å². The van der Waals surface area contributed by atoms with Gasteiger partial charge in [-0.25, -0.2) is 18.7 Å². The van der Waals surface area contributed by atoms with Gasteiger partial charge in [-0.05, 0) is 61.9 Å². The first-order valence-electron chi connectivity index (χ1n) is 10.7. The van der Waals surface area contributed by atoms with Gasteiger partial charge in [-0.2, -0.15) is 0 Å². The smallest absolute Gasteiger partial charge is 0.127 e. The summed E-state index contributed by atoms with van der Waals surface area (Å²) in [6.45, 7) is 4.10. The number of thiazole rings is 1. The first-order valence-corrected chi connectivity index (χ1v) is 11.5. The maximum atomic E-state index is 13.9. The number of imidazole rings is 1. The van der Waals surface area contributed by atoms with Crippen LogP contribution in [0.4, 0.5) is 8.78 Å². The molecule has 0 aliphatic carbocycles. The molecule has 8 heteroatoms. The van der Waals surface area contributed by atoms with Crippen molar-refractivity contribution >= 4 is 22.2 Å². The third kappa shape index (κ3) is 3.37. The Morgan fingerprint density at radius 3 is 2.64 bits per heavy atom. The van der Waals surface area contributed by atoms with Crippen LogP contribution in [-0.4, -0.2) is 19.9 Å². The standard InChI is InChI=1S/C25H21F2N5S/c1-13-28-12-21(33-13)23-22-18(17-8-7-16(27)9-19(17)30-22)10-25(2,32-23)24-29-11-20(31-24)14-3-5-15(26)6-4-14/h3-9,11-12,23,30,32H,10H2,1-2H3,(H,29,31). The van der Waals surface area contributed by atoms with Crippen LogP contribution in [0, 0.1) is 18.6 Å². The molecule has 0 fully saturated rings. The Labute approximate surface area is 192 Å². The van der Waals surface area contributed by atoms with Crippen molar-refractivity contribution < 1.29 is 8.78 Å². The normalized spacial score (nSPS) is 20.3. The second-order valence-electron chi connectivity index (χ2n) is 8.72. The number of hydrogen-bond donors (Lipinski definition) is 3. The molecule has 0 saturated heterocycles. The molecule has 0 spiro atoms. The van der Waals surface area contributed by atoms with Crippen LogP contribution in [0.5, 0.6) is 0 Å². The number of benzene rings is 2. The lowest BCUT2D eigenvalue weighted by atomic mass is 9.83. The van der Waals surface area contributed by atoms with Crippen molar-refractivity contribution in [3.05, 3.63) is 93.5 Å². The average Bonchev–Trinajstić information content (AvgIpc) is 3.52. The first-order chi connectivity index (χ1) is 15.9. The number of nitrogens with one attached hydrogen (secondary N) is 3. The van der Waals surface area contributed by atoms with Gasteiger partial charge in [-0.15, -0.1) is 11.3 Å².